The molecule has 0 aliphatic rings. The second-order valence-corrected chi connectivity index (χ2v) is 4.19. The van der Waals surface area contributed by atoms with E-state index >= 15 is 0 Å². The summed E-state index contributed by atoms with van der Waals surface area (Å²) in [5.74, 6) is 1.36. The van der Waals surface area contributed by atoms with E-state index in [9.17, 15) is 0 Å². The van der Waals surface area contributed by atoms with Crippen LogP contribution in [0.2, 0.25) is 0 Å². The van der Waals surface area contributed by atoms with Gasteiger partial charge in [-0.3, -0.25) is 0 Å². The molecule has 0 spiro atoms. The molecule has 2 heterocycles. The third-order valence-electron chi connectivity index (χ3n) is 2.76. The van der Waals surface area contributed by atoms with Crippen LogP contribution >= 0.6 is 0 Å². The van der Waals surface area contributed by atoms with Crippen LogP contribution in [0.15, 0.2) is 34.7 Å². The second kappa shape index (κ2) is 4.23. The van der Waals surface area contributed by atoms with E-state index in [1.165, 1.54) is 4.80 Å². The number of nitrogens with zero attached hydrogens (tertiary/aromatic N) is 4. The Labute approximate surface area is 103 Å². The normalized spacial score (nSPS) is 13.0. The lowest BCUT2D eigenvalue weighted by atomic mass is 10.1. The van der Waals surface area contributed by atoms with Gasteiger partial charge < -0.3 is 10.2 Å². The van der Waals surface area contributed by atoms with Gasteiger partial charge in [0.15, 0.2) is 5.82 Å². The highest BCUT2D eigenvalue weighted by atomic mass is 16.3. The van der Waals surface area contributed by atoms with Crippen molar-refractivity contribution >= 4 is 11.0 Å². The Kier molecular flexibility index (Phi) is 2.56. The molecule has 0 amide bonds. The minimum Gasteiger partial charge on any atom is -0.459 e. The van der Waals surface area contributed by atoms with Gasteiger partial charge in [-0.1, -0.05) is 18.2 Å². The highest BCUT2D eigenvalue weighted by Crippen LogP contribution is 2.23. The molecular formula is C12H13N5O. The van der Waals surface area contributed by atoms with Crippen LogP contribution in [0, 0.1) is 0 Å². The lowest BCUT2D eigenvalue weighted by Gasteiger charge is -2.04. The van der Waals surface area contributed by atoms with Gasteiger partial charge in [0.25, 0.3) is 0 Å². The van der Waals surface area contributed by atoms with Crippen molar-refractivity contribution < 1.29 is 4.42 Å². The lowest BCUT2D eigenvalue weighted by molar-refractivity contribution is 0.488. The van der Waals surface area contributed by atoms with Gasteiger partial charge >= 0.3 is 0 Å². The van der Waals surface area contributed by atoms with Crippen molar-refractivity contribution in [2.75, 3.05) is 0 Å². The molecule has 92 valence electrons. The van der Waals surface area contributed by atoms with Gasteiger partial charge in [0, 0.05) is 11.8 Å². The number of tetrazole rings is 1. The van der Waals surface area contributed by atoms with Crippen LogP contribution in [0.1, 0.15) is 17.6 Å². The standard InChI is InChI=1S/C12H13N5O/c1-17-15-12(14-16-17)7-9(13)11-6-8-4-2-3-5-10(8)18-11/h2-6,9H,7,13H2,1H3. The first-order chi connectivity index (χ1) is 8.72. The summed E-state index contributed by atoms with van der Waals surface area (Å²) < 4.78 is 5.70. The molecule has 6 nitrogen and oxygen atoms in total. The molecule has 0 aliphatic carbocycles. The second-order valence-electron chi connectivity index (χ2n) is 4.19. The zero-order valence-electron chi connectivity index (χ0n) is 9.95. The SMILES string of the molecule is Cn1nnc(CC(N)c2cc3ccccc3o2)n1. The molecule has 1 aromatic carbocycles. The van der Waals surface area contributed by atoms with Gasteiger partial charge in [-0.2, -0.15) is 4.80 Å². The van der Waals surface area contributed by atoms with E-state index in [0.717, 1.165) is 16.7 Å². The zero-order valence-corrected chi connectivity index (χ0v) is 9.95. The van der Waals surface area contributed by atoms with Crippen LogP contribution in [-0.2, 0) is 13.5 Å². The molecule has 0 saturated heterocycles. The molecule has 1 atom stereocenters. The molecule has 0 fully saturated rings. The average Bonchev–Trinajstić information content (AvgIpc) is 2.95. The number of hydrogen-bond donors (Lipinski definition) is 1. The van der Waals surface area contributed by atoms with Gasteiger partial charge in [0.2, 0.25) is 0 Å². The minimum atomic E-state index is -0.262. The molecule has 0 bridgehead atoms. The number of benzene rings is 1. The minimum absolute atomic E-state index is 0.262. The summed E-state index contributed by atoms with van der Waals surface area (Å²) >= 11 is 0. The van der Waals surface area contributed by atoms with Gasteiger partial charge in [-0.15, -0.1) is 10.2 Å². The lowest BCUT2D eigenvalue weighted by Crippen LogP contribution is -2.13. The first kappa shape index (κ1) is 10.9. The van der Waals surface area contributed by atoms with Crippen molar-refractivity contribution in [2.45, 2.75) is 12.5 Å². The number of fused-ring (bicyclic) bond motifs is 1. The van der Waals surface area contributed by atoms with Crippen LogP contribution < -0.4 is 5.73 Å². The number of rotatable bonds is 3. The zero-order chi connectivity index (χ0) is 12.5. The number of furan rings is 1. The summed E-state index contributed by atoms with van der Waals surface area (Å²) in [6.07, 6.45) is 0.508. The first-order valence-electron chi connectivity index (χ1n) is 5.69. The van der Waals surface area contributed by atoms with E-state index in [-0.39, 0.29) is 6.04 Å². The van der Waals surface area contributed by atoms with Gasteiger partial charge in [-0.05, 0) is 17.3 Å². The van der Waals surface area contributed by atoms with Crippen molar-refractivity contribution in [1.29, 1.82) is 0 Å². The molecule has 0 radical (unpaired) electrons. The molecule has 3 aromatic rings. The average molecular weight is 243 g/mol. The molecule has 1 unspecified atom stereocenters. The van der Waals surface area contributed by atoms with Crippen LogP contribution in [0.25, 0.3) is 11.0 Å². The smallest absolute Gasteiger partial charge is 0.176 e. The summed E-state index contributed by atoms with van der Waals surface area (Å²) in [5, 5.41) is 12.8. The number of aryl methyl sites for hydroxylation is 1. The predicted molar refractivity (Wildman–Crippen MR) is 65.6 cm³/mol. The quantitative estimate of drug-likeness (QED) is 0.747. The van der Waals surface area contributed by atoms with Crippen molar-refractivity contribution in [3.05, 3.63) is 41.9 Å². The molecule has 18 heavy (non-hydrogen) atoms. The fourth-order valence-corrected chi connectivity index (χ4v) is 1.89. The first-order valence-corrected chi connectivity index (χ1v) is 5.69. The number of nitrogens with two attached hydrogens (primary N) is 1. The molecule has 3 rings (SSSR count). The molecule has 2 N–H and O–H groups in total. The number of aromatic nitrogens is 4. The molecule has 2 aromatic heterocycles. The van der Waals surface area contributed by atoms with Gasteiger partial charge in [-0.25, -0.2) is 0 Å². The largest absolute Gasteiger partial charge is 0.459 e. The van der Waals surface area contributed by atoms with Gasteiger partial charge in [0.1, 0.15) is 11.3 Å². The Morgan fingerprint density at radius 3 is 2.94 bits per heavy atom. The third kappa shape index (κ3) is 1.98. The maximum absolute atomic E-state index is 6.09. The summed E-state index contributed by atoms with van der Waals surface area (Å²) in [5.41, 5.74) is 6.93. The van der Waals surface area contributed by atoms with Crippen molar-refractivity contribution in [3.8, 4) is 0 Å². The Hall–Kier alpha value is -2.21. The monoisotopic (exact) mass is 243 g/mol. The maximum Gasteiger partial charge on any atom is 0.176 e. The van der Waals surface area contributed by atoms with E-state index < -0.39 is 0 Å². The molecule has 6 heteroatoms. The Morgan fingerprint density at radius 2 is 2.22 bits per heavy atom. The van der Waals surface area contributed by atoms with Crippen LogP contribution in [-0.4, -0.2) is 20.2 Å². The third-order valence-corrected chi connectivity index (χ3v) is 2.76. The van der Waals surface area contributed by atoms with Crippen LogP contribution in [0.4, 0.5) is 0 Å². The maximum atomic E-state index is 6.09. The summed E-state index contributed by atoms with van der Waals surface area (Å²) in [7, 11) is 1.73. The van der Waals surface area contributed by atoms with Crippen molar-refractivity contribution in [3.63, 3.8) is 0 Å². The van der Waals surface area contributed by atoms with E-state index in [1.54, 1.807) is 7.05 Å². The molecule has 0 saturated carbocycles. The summed E-state index contributed by atoms with van der Waals surface area (Å²) in [6.45, 7) is 0. The fraction of sp³-hybridized carbons (Fsp3) is 0.250. The highest BCUT2D eigenvalue weighted by molar-refractivity contribution is 5.77. The Balaban J connectivity index is 1.85. The molecule has 0 aliphatic heterocycles. The topological polar surface area (TPSA) is 82.8 Å². The molecular weight excluding hydrogens is 230 g/mol. The summed E-state index contributed by atoms with van der Waals surface area (Å²) in [6, 6.07) is 9.52. The Morgan fingerprint density at radius 1 is 1.39 bits per heavy atom. The fourth-order valence-electron chi connectivity index (χ4n) is 1.89. The van der Waals surface area contributed by atoms with E-state index in [4.69, 9.17) is 10.2 Å². The van der Waals surface area contributed by atoms with Crippen molar-refractivity contribution in [1.82, 2.24) is 20.2 Å². The van der Waals surface area contributed by atoms with E-state index in [2.05, 4.69) is 15.4 Å². The van der Waals surface area contributed by atoms with Gasteiger partial charge in [0.05, 0.1) is 13.1 Å². The summed E-state index contributed by atoms with van der Waals surface area (Å²) in [4.78, 5) is 1.42. The number of hydrogen-bond acceptors (Lipinski definition) is 5. The predicted octanol–water partition coefficient (Wildman–Crippen LogP) is 1.20. The Bertz CT molecular complexity index is 639. The van der Waals surface area contributed by atoms with Crippen molar-refractivity contribution in [2.24, 2.45) is 12.8 Å². The van der Waals surface area contributed by atoms with Crippen LogP contribution in [0.5, 0.6) is 0 Å². The van der Waals surface area contributed by atoms with Crippen LogP contribution in [0.3, 0.4) is 0 Å². The highest BCUT2D eigenvalue weighted by Gasteiger charge is 2.15. The van der Waals surface area contributed by atoms with E-state index in [0.29, 0.717) is 12.2 Å². The van der Waals surface area contributed by atoms with E-state index in [1.807, 2.05) is 30.3 Å². The number of para-hydroxylation sites is 1.